The number of hydrogen-bond donors (Lipinski definition) is 1. The molecule has 7 nitrogen and oxygen atoms in total. The highest BCUT2D eigenvalue weighted by Crippen LogP contribution is 2.47. The number of aliphatic hydroxyl groups is 1. The van der Waals surface area contributed by atoms with E-state index in [1.165, 1.54) is 4.31 Å². The Morgan fingerprint density at radius 2 is 1.51 bits per heavy atom. The average Bonchev–Trinajstić information content (AvgIpc) is 3.26. The van der Waals surface area contributed by atoms with Gasteiger partial charge >= 0.3 is 0 Å². The number of benzene rings is 3. The highest BCUT2D eigenvalue weighted by atomic mass is 32.2. The summed E-state index contributed by atoms with van der Waals surface area (Å²) >= 11 is 0. The van der Waals surface area contributed by atoms with Crippen LogP contribution in [0.15, 0.2) is 78.9 Å². The van der Waals surface area contributed by atoms with Gasteiger partial charge in [0.1, 0.15) is 5.60 Å². The lowest BCUT2D eigenvalue weighted by Crippen LogP contribution is -2.42. The van der Waals surface area contributed by atoms with E-state index in [2.05, 4.69) is 0 Å². The first kappa shape index (κ1) is 25.2. The van der Waals surface area contributed by atoms with Crippen LogP contribution in [0.1, 0.15) is 23.1 Å². The standard InChI is InChI=1S/C27H31NO6S/c1-32-25-16-10-15-24(26(25)33-2)27(20-11-6-4-7-12-20,21-13-8-5-9-14-21)34-19-22-17-23(29)18-28(22)35(3,30)31/h4-16,22-23,29H,17-19H2,1-3H3. The maximum absolute atomic E-state index is 12.4. The first-order chi connectivity index (χ1) is 16.8. The van der Waals surface area contributed by atoms with Crippen LogP contribution in [0.2, 0.25) is 0 Å². The summed E-state index contributed by atoms with van der Waals surface area (Å²) < 4.78 is 44.4. The average molecular weight is 498 g/mol. The molecule has 0 saturated carbocycles. The van der Waals surface area contributed by atoms with Crippen molar-refractivity contribution in [3.8, 4) is 11.5 Å². The summed E-state index contributed by atoms with van der Waals surface area (Å²) in [5, 5.41) is 10.3. The monoisotopic (exact) mass is 497 g/mol. The highest BCUT2D eigenvalue weighted by Gasteiger charge is 2.44. The second kappa shape index (κ2) is 10.4. The van der Waals surface area contributed by atoms with Crippen molar-refractivity contribution in [3.63, 3.8) is 0 Å². The third-order valence-electron chi connectivity index (χ3n) is 6.40. The molecule has 0 spiro atoms. The number of methoxy groups -OCH3 is 2. The van der Waals surface area contributed by atoms with E-state index in [1.54, 1.807) is 14.2 Å². The molecule has 2 unspecified atom stereocenters. The molecule has 0 aromatic heterocycles. The summed E-state index contributed by atoms with van der Waals surface area (Å²) in [7, 11) is -0.354. The van der Waals surface area contributed by atoms with Crippen molar-refractivity contribution in [1.82, 2.24) is 4.31 Å². The molecule has 0 aliphatic carbocycles. The number of para-hydroxylation sites is 1. The molecule has 0 radical (unpaired) electrons. The maximum Gasteiger partial charge on any atom is 0.211 e. The highest BCUT2D eigenvalue weighted by molar-refractivity contribution is 7.88. The quantitative estimate of drug-likeness (QED) is 0.456. The molecule has 3 aromatic rings. The van der Waals surface area contributed by atoms with E-state index in [9.17, 15) is 13.5 Å². The van der Waals surface area contributed by atoms with Crippen molar-refractivity contribution in [1.29, 1.82) is 0 Å². The number of β-amino-alcohol motifs (C(OH)–C–C–N with tert-alkyl or cyclic N) is 1. The van der Waals surface area contributed by atoms with Crippen LogP contribution in [0.4, 0.5) is 0 Å². The van der Waals surface area contributed by atoms with Gasteiger partial charge < -0.3 is 19.3 Å². The van der Waals surface area contributed by atoms with Crippen molar-refractivity contribution < 1.29 is 27.7 Å². The van der Waals surface area contributed by atoms with E-state index < -0.39 is 27.8 Å². The Morgan fingerprint density at radius 1 is 0.914 bits per heavy atom. The topological polar surface area (TPSA) is 85.3 Å². The van der Waals surface area contributed by atoms with Crippen molar-refractivity contribution in [2.75, 3.05) is 33.6 Å². The molecule has 4 rings (SSSR count). The minimum Gasteiger partial charge on any atom is -0.493 e. The predicted octanol–water partition coefficient (Wildman–Crippen LogP) is 3.41. The number of hydrogen-bond acceptors (Lipinski definition) is 6. The lowest BCUT2D eigenvalue weighted by molar-refractivity contribution is -0.00795. The van der Waals surface area contributed by atoms with Gasteiger partial charge in [0, 0.05) is 12.1 Å². The van der Waals surface area contributed by atoms with Crippen LogP contribution in [0.3, 0.4) is 0 Å². The Labute approximate surface area is 206 Å². The zero-order chi connectivity index (χ0) is 25.1. The molecule has 1 N–H and O–H groups in total. The van der Waals surface area contributed by atoms with E-state index in [-0.39, 0.29) is 13.2 Å². The summed E-state index contributed by atoms with van der Waals surface area (Å²) in [5.74, 6) is 1.08. The Hall–Kier alpha value is -2.91. The number of aliphatic hydroxyl groups excluding tert-OH is 1. The SMILES string of the molecule is COc1cccc(C(OCC2CC(O)CN2S(C)(=O)=O)(c2ccccc2)c2ccccc2)c1OC. The van der Waals surface area contributed by atoms with Gasteiger partial charge in [0.05, 0.1) is 39.2 Å². The van der Waals surface area contributed by atoms with Gasteiger partial charge in [-0.25, -0.2) is 8.42 Å². The van der Waals surface area contributed by atoms with Crippen molar-refractivity contribution in [2.45, 2.75) is 24.2 Å². The Balaban J connectivity index is 1.92. The fourth-order valence-corrected chi connectivity index (χ4v) is 6.01. The van der Waals surface area contributed by atoms with Crippen molar-refractivity contribution in [3.05, 3.63) is 95.6 Å². The van der Waals surface area contributed by atoms with Crippen LogP contribution < -0.4 is 9.47 Å². The number of sulfonamides is 1. The van der Waals surface area contributed by atoms with Gasteiger partial charge in [-0.15, -0.1) is 0 Å². The molecule has 35 heavy (non-hydrogen) atoms. The predicted molar refractivity (Wildman–Crippen MR) is 134 cm³/mol. The van der Waals surface area contributed by atoms with E-state index >= 15 is 0 Å². The van der Waals surface area contributed by atoms with E-state index in [0.717, 1.165) is 22.9 Å². The Bertz CT molecular complexity index is 1190. The smallest absolute Gasteiger partial charge is 0.211 e. The zero-order valence-corrected chi connectivity index (χ0v) is 20.9. The van der Waals surface area contributed by atoms with Gasteiger partial charge in [-0.05, 0) is 23.6 Å². The fraction of sp³-hybridized carbons (Fsp3) is 0.333. The van der Waals surface area contributed by atoms with Gasteiger partial charge in [0.2, 0.25) is 10.0 Å². The summed E-state index contributed by atoms with van der Waals surface area (Å²) in [4.78, 5) is 0. The molecule has 1 saturated heterocycles. The first-order valence-electron chi connectivity index (χ1n) is 11.4. The minimum absolute atomic E-state index is 0.0546. The zero-order valence-electron chi connectivity index (χ0n) is 20.1. The number of rotatable bonds is 9. The molecule has 1 aliphatic heterocycles. The Kier molecular flexibility index (Phi) is 7.47. The minimum atomic E-state index is -3.52. The third kappa shape index (κ3) is 4.92. The third-order valence-corrected chi connectivity index (χ3v) is 7.70. The molecule has 186 valence electrons. The summed E-state index contributed by atoms with van der Waals surface area (Å²) in [6.07, 6.45) is 0.708. The second-order valence-corrected chi connectivity index (χ2v) is 10.6. The van der Waals surface area contributed by atoms with Crippen LogP contribution in [0.5, 0.6) is 11.5 Å². The van der Waals surface area contributed by atoms with Gasteiger partial charge in [-0.2, -0.15) is 4.31 Å². The lowest BCUT2D eigenvalue weighted by Gasteiger charge is -2.38. The Morgan fingerprint density at radius 3 is 2.03 bits per heavy atom. The second-order valence-electron chi connectivity index (χ2n) is 8.64. The summed E-state index contributed by atoms with van der Waals surface area (Å²) in [6.45, 7) is 0.118. The van der Waals surface area contributed by atoms with Gasteiger partial charge in [0.15, 0.2) is 11.5 Å². The van der Waals surface area contributed by atoms with Crippen molar-refractivity contribution >= 4 is 10.0 Å². The lowest BCUT2D eigenvalue weighted by atomic mass is 9.79. The molecular formula is C27H31NO6S. The molecule has 0 amide bonds. The molecule has 0 bridgehead atoms. The molecule has 8 heteroatoms. The molecule has 1 aliphatic rings. The summed E-state index contributed by atoms with van der Waals surface area (Å²) in [5.41, 5.74) is 1.28. The van der Waals surface area contributed by atoms with Crippen LogP contribution in [-0.4, -0.2) is 63.6 Å². The van der Waals surface area contributed by atoms with Gasteiger partial charge in [0.25, 0.3) is 0 Å². The molecule has 1 fully saturated rings. The van der Waals surface area contributed by atoms with Crippen molar-refractivity contribution in [2.24, 2.45) is 0 Å². The van der Waals surface area contributed by atoms with Crippen LogP contribution >= 0.6 is 0 Å². The molecule has 3 aromatic carbocycles. The number of nitrogens with zero attached hydrogens (tertiary/aromatic N) is 1. The first-order valence-corrected chi connectivity index (χ1v) is 13.3. The van der Waals surface area contributed by atoms with Gasteiger partial charge in [-0.1, -0.05) is 72.8 Å². The maximum atomic E-state index is 12.4. The molecule has 1 heterocycles. The largest absolute Gasteiger partial charge is 0.493 e. The van der Waals surface area contributed by atoms with Crippen LogP contribution in [0.25, 0.3) is 0 Å². The molecular weight excluding hydrogens is 466 g/mol. The van der Waals surface area contributed by atoms with E-state index in [1.807, 2.05) is 78.9 Å². The summed E-state index contributed by atoms with van der Waals surface area (Å²) in [6, 6.07) is 24.6. The normalized spacial score (nSPS) is 19.0. The van der Waals surface area contributed by atoms with Crippen LogP contribution in [0, 0.1) is 0 Å². The fourth-order valence-electron chi connectivity index (χ4n) is 4.87. The molecule has 2 atom stereocenters. The number of ether oxygens (including phenoxy) is 3. The van der Waals surface area contributed by atoms with Crippen LogP contribution in [-0.2, 0) is 20.4 Å². The van der Waals surface area contributed by atoms with E-state index in [0.29, 0.717) is 17.9 Å². The van der Waals surface area contributed by atoms with Gasteiger partial charge in [-0.3, -0.25) is 0 Å². The van der Waals surface area contributed by atoms with E-state index in [4.69, 9.17) is 14.2 Å².